The van der Waals surface area contributed by atoms with Gasteiger partial charge in [0.2, 0.25) is 0 Å². The summed E-state index contributed by atoms with van der Waals surface area (Å²) in [4.78, 5) is 11.4. The summed E-state index contributed by atoms with van der Waals surface area (Å²) in [6.45, 7) is 0. The molecule has 0 bridgehead atoms. The first-order chi connectivity index (χ1) is 7.08. The number of aryl methyl sites for hydroxylation is 1. The smallest absolute Gasteiger partial charge is 0.287 e. The molecule has 0 aromatic carbocycles. The van der Waals surface area contributed by atoms with Crippen molar-refractivity contribution in [2.75, 3.05) is 5.32 Å². The van der Waals surface area contributed by atoms with Crippen LogP contribution in [-0.2, 0) is 7.05 Å². The second kappa shape index (κ2) is 3.83. The van der Waals surface area contributed by atoms with Crippen molar-refractivity contribution in [1.82, 2.24) is 9.78 Å². The molecule has 82 valence electrons. The fourth-order valence-corrected chi connectivity index (χ4v) is 1.84. The first kappa shape index (κ1) is 10.4. The SMILES string of the molecule is Cn1ncc(NC2CC(N)C2)c(Cl)c1=O. The normalized spacial score (nSPS) is 24.7. The van der Waals surface area contributed by atoms with Crippen molar-refractivity contribution in [3.63, 3.8) is 0 Å². The number of hydrogen-bond acceptors (Lipinski definition) is 4. The van der Waals surface area contributed by atoms with E-state index in [1.807, 2.05) is 0 Å². The van der Waals surface area contributed by atoms with Crippen LogP contribution in [0.5, 0.6) is 0 Å². The van der Waals surface area contributed by atoms with Crippen LogP contribution in [0.2, 0.25) is 5.02 Å². The first-order valence-corrected chi connectivity index (χ1v) is 5.19. The zero-order valence-corrected chi connectivity index (χ0v) is 9.16. The molecule has 2 rings (SSSR count). The molecule has 5 nitrogen and oxygen atoms in total. The Balaban J connectivity index is 2.15. The maximum atomic E-state index is 11.4. The van der Waals surface area contributed by atoms with Crippen LogP contribution in [0.4, 0.5) is 5.69 Å². The summed E-state index contributed by atoms with van der Waals surface area (Å²) < 4.78 is 1.21. The summed E-state index contributed by atoms with van der Waals surface area (Å²) >= 11 is 5.89. The average molecular weight is 229 g/mol. The molecule has 0 aliphatic heterocycles. The van der Waals surface area contributed by atoms with E-state index in [9.17, 15) is 4.79 Å². The van der Waals surface area contributed by atoms with Crippen molar-refractivity contribution in [3.05, 3.63) is 21.6 Å². The molecule has 1 aliphatic carbocycles. The first-order valence-electron chi connectivity index (χ1n) is 4.82. The number of rotatable bonds is 2. The molecule has 1 saturated carbocycles. The Labute approximate surface area is 92.2 Å². The second-order valence-electron chi connectivity index (χ2n) is 3.87. The Kier molecular flexibility index (Phi) is 2.67. The van der Waals surface area contributed by atoms with Crippen molar-refractivity contribution in [2.45, 2.75) is 24.9 Å². The number of nitrogens with one attached hydrogen (secondary N) is 1. The zero-order valence-electron chi connectivity index (χ0n) is 8.40. The number of hydrogen-bond donors (Lipinski definition) is 2. The third-order valence-corrected chi connectivity index (χ3v) is 2.98. The lowest BCUT2D eigenvalue weighted by Gasteiger charge is -2.33. The molecule has 1 aromatic rings. The van der Waals surface area contributed by atoms with Crippen LogP contribution >= 0.6 is 11.6 Å². The molecule has 0 atom stereocenters. The van der Waals surface area contributed by atoms with Crippen LogP contribution in [0.15, 0.2) is 11.0 Å². The van der Waals surface area contributed by atoms with E-state index in [0.717, 1.165) is 12.8 Å². The Morgan fingerprint density at radius 3 is 2.93 bits per heavy atom. The lowest BCUT2D eigenvalue weighted by Crippen LogP contribution is -2.44. The van der Waals surface area contributed by atoms with Gasteiger partial charge >= 0.3 is 0 Å². The van der Waals surface area contributed by atoms with Gasteiger partial charge in [-0.05, 0) is 12.8 Å². The standard InChI is InChI=1S/C9H13ClN4O/c1-14-9(15)8(10)7(4-12-14)13-6-2-5(11)3-6/h4-6,13H,2-3,11H2,1H3. The van der Waals surface area contributed by atoms with Crippen molar-refractivity contribution in [2.24, 2.45) is 12.8 Å². The lowest BCUT2D eigenvalue weighted by molar-refractivity contribution is 0.373. The van der Waals surface area contributed by atoms with Gasteiger partial charge in [0, 0.05) is 19.1 Å². The van der Waals surface area contributed by atoms with Gasteiger partial charge in [-0.15, -0.1) is 0 Å². The molecule has 0 spiro atoms. The third kappa shape index (κ3) is 1.98. The van der Waals surface area contributed by atoms with Crippen molar-refractivity contribution < 1.29 is 0 Å². The van der Waals surface area contributed by atoms with Crippen LogP contribution in [-0.4, -0.2) is 21.9 Å². The van der Waals surface area contributed by atoms with E-state index < -0.39 is 0 Å². The van der Waals surface area contributed by atoms with E-state index >= 15 is 0 Å². The van der Waals surface area contributed by atoms with Gasteiger partial charge < -0.3 is 11.1 Å². The van der Waals surface area contributed by atoms with E-state index in [1.165, 1.54) is 4.68 Å². The molecule has 0 saturated heterocycles. The predicted octanol–water partition coefficient (Wildman–Crippen LogP) is 0.335. The van der Waals surface area contributed by atoms with Crippen molar-refractivity contribution in [3.8, 4) is 0 Å². The Morgan fingerprint density at radius 2 is 2.33 bits per heavy atom. The molecule has 1 heterocycles. The molecule has 0 radical (unpaired) electrons. The summed E-state index contributed by atoms with van der Waals surface area (Å²) in [5, 5.41) is 7.24. The average Bonchev–Trinajstić information content (AvgIpc) is 2.16. The Morgan fingerprint density at radius 1 is 1.67 bits per heavy atom. The highest BCUT2D eigenvalue weighted by molar-refractivity contribution is 6.32. The van der Waals surface area contributed by atoms with E-state index in [2.05, 4.69) is 10.4 Å². The summed E-state index contributed by atoms with van der Waals surface area (Å²) in [6, 6.07) is 0.576. The molecule has 0 amide bonds. The van der Waals surface area contributed by atoms with Gasteiger partial charge in [-0.25, -0.2) is 4.68 Å². The quantitative estimate of drug-likeness (QED) is 0.766. The minimum absolute atomic E-state index is 0.188. The maximum Gasteiger partial charge on any atom is 0.287 e. The monoisotopic (exact) mass is 228 g/mol. The molecule has 1 aromatic heterocycles. The van der Waals surface area contributed by atoms with Crippen LogP contribution < -0.4 is 16.6 Å². The molecule has 3 N–H and O–H groups in total. The Hall–Kier alpha value is -1.07. The summed E-state index contributed by atoms with van der Waals surface area (Å²) in [5.41, 5.74) is 5.97. The fourth-order valence-electron chi connectivity index (χ4n) is 1.61. The van der Waals surface area contributed by atoms with E-state index in [0.29, 0.717) is 11.7 Å². The van der Waals surface area contributed by atoms with Gasteiger partial charge in [-0.3, -0.25) is 4.79 Å². The second-order valence-corrected chi connectivity index (χ2v) is 4.25. The number of anilines is 1. The van der Waals surface area contributed by atoms with Crippen LogP contribution in [0.1, 0.15) is 12.8 Å². The van der Waals surface area contributed by atoms with Gasteiger partial charge in [-0.1, -0.05) is 11.6 Å². The van der Waals surface area contributed by atoms with Crippen LogP contribution in [0.3, 0.4) is 0 Å². The molecule has 0 unspecified atom stereocenters. The minimum atomic E-state index is -0.287. The molecular weight excluding hydrogens is 216 g/mol. The number of halogens is 1. The number of nitrogens with two attached hydrogens (primary N) is 1. The van der Waals surface area contributed by atoms with Gasteiger partial charge in [0.25, 0.3) is 5.56 Å². The fraction of sp³-hybridized carbons (Fsp3) is 0.556. The summed E-state index contributed by atoms with van der Waals surface area (Å²) in [5.74, 6) is 0. The Bertz CT molecular complexity index is 425. The topological polar surface area (TPSA) is 72.9 Å². The summed E-state index contributed by atoms with van der Waals surface area (Å²) in [7, 11) is 1.57. The summed E-state index contributed by atoms with van der Waals surface area (Å²) in [6.07, 6.45) is 3.38. The predicted molar refractivity (Wildman–Crippen MR) is 59.1 cm³/mol. The van der Waals surface area contributed by atoms with Gasteiger partial charge in [0.15, 0.2) is 0 Å². The highest BCUT2D eigenvalue weighted by Crippen LogP contribution is 2.24. The minimum Gasteiger partial charge on any atom is -0.380 e. The molecule has 6 heteroatoms. The van der Waals surface area contributed by atoms with Gasteiger partial charge in [0.05, 0.1) is 11.9 Å². The third-order valence-electron chi connectivity index (χ3n) is 2.61. The van der Waals surface area contributed by atoms with Gasteiger partial charge in [0.1, 0.15) is 5.02 Å². The maximum absolute atomic E-state index is 11.4. The lowest BCUT2D eigenvalue weighted by atomic mass is 9.87. The van der Waals surface area contributed by atoms with Gasteiger partial charge in [-0.2, -0.15) is 5.10 Å². The zero-order chi connectivity index (χ0) is 11.0. The number of aromatic nitrogens is 2. The van der Waals surface area contributed by atoms with Crippen LogP contribution in [0, 0.1) is 0 Å². The largest absolute Gasteiger partial charge is 0.380 e. The van der Waals surface area contributed by atoms with Crippen molar-refractivity contribution in [1.29, 1.82) is 0 Å². The molecule has 1 fully saturated rings. The van der Waals surface area contributed by atoms with E-state index in [1.54, 1.807) is 13.2 Å². The van der Waals surface area contributed by atoms with Crippen LogP contribution in [0.25, 0.3) is 0 Å². The van der Waals surface area contributed by atoms with E-state index in [-0.39, 0.29) is 16.6 Å². The highest BCUT2D eigenvalue weighted by atomic mass is 35.5. The number of nitrogens with zero attached hydrogens (tertiary/aromatic N) is 2. The molecular formula is C9H13ClN4O. The van der Waals surface area contributed by atoms with Crippen molar-refractivity contribution >= 4 is 17.3 Å². The molecule has 15 heavy (non-hydrogen) atoms. The van der Waals surface area contributed by atoms with E-state index in [4.69, 9.17) is 17.3 Å². The highest BCUT2D eigenvalue weighted by Gasteiger charge is 2.26. The molecule has 1 aliphatic rings.